The van der Waals surface area contributed by atoms with Gasteiger partial charge in [0.25, 0.3) is 0 Å². The number of likely N-dealkylation sites (N-methyl/N-ethyl adjacent to an activating group) is 1. The summed E-state index contributed by atoms with van der Waals surface area (Å²) in [4.78, 5) is 13.9. The van der Waals surface area contributed by atoms with Gasteiger partial charge in [-0.25, -0.2) is 4.99 Å². The van der Waals surface area contributed by atoms with Gasteiger partial charge in [-0.3, -0.25) is 9.67 Å². The third-order valence-electron chi connectivity index (χ3n) is 6.25. The van der Waals surface area contributed by atoms with Crippen molar-refractivity contribution in [2.75, 3.05) is 45.2 Å². The molecule has 5 rings (SSSR count). The molecule has 2 N–H and O–H groups in total. The standard InChI is InChI=1S/C26H29N7O/c1-31-11-13-32(14-12-31)22-7-5-21(6-8-22)30-26(27)24-15-20-16-29-33(25(20)17-28-24)18-19-3-9-23(34-2)10-4-19/h3-10,15-17H,11-14,18H2,1-2H3,(H2,27,30). The molecule has 34 heavy (non-hydrogen) atoms. The van der Waals surface area contributed by atoms with Crippen molar-refractivity contribution in [2.24, 2.45) is 10.7 Å². The summed E-state index contributed by atoms with van der Waals surface area (Å²) < 4.78 is 7.16. The molecule has 2 aromatic heterocycles. The number of hydrogen-bond acceptors (Lipinski definition) is 6. The Hall–Kier alpha value is -3.91. The number of hydrogen-bond donors (Lipinski definition) is 1. The highest BCUT2D eigenvalue weighted by atomic mass is 16.5. The van der Waals surface area contributed by atoms with Crippen LogP contribution in [-0.2, 0) is 6.54 Å². The molecule has 1 aliphatic heterocycles. The van der Waals surface area contributed by atoms with Gasteiger partial charge in [-0.15, -0.1) is 0 Å². The van der Waals surface area contributed by atoms with Crippen molar-refractivity contribution in [3.05, 3.63) is 78.2 Å². The Balaban J connectivity index is 1.30. The molecule has 0 atom stereocenters. The van der Waals surface area contributed by atoms with Gasteiger partial charge in [0, 0.05) is 37.3 Å². The molecule has 1 aliphatic rings. The predicted octanol–water partition coefficient (Wildman–Crippen LogP) is 3.28. The quantitative estimate of drug-likeness (QED) is 0.355. The number of anilines is 1. The lowest BCUT2D eigenvalue weighted by molar-refractivity contribution is 0.313. The molecule has 1 saturated heterocycles. The lowest BCUT2D eigenvalue weighted by atomic mass is 10.2. The van der Waals surface area contributed by atoms with Crippen LogP contribution in [-0.4, -0.2) is 65.8 Å². The highest BCUT2D eigenvalue weighted by Gasteiger charge is 2.14. The van der Waals surface area contributed by atoms with Gasteiger partial charge >= 0.3 is 0 Å². The number of fused-ring (bicyclic) bond motifs is 1. The second kappa shape index (κ2) is 9.52. The maximum absolute atomic E-state index is 6.30. The number of aromatic nitrogens is 3. The van der Waals surface area contributed by atoms with E-state index >= 15 is 0 Å². The molecule has 0 spiro atoms. The van der Waals surface area contributed by atoms with Crippen LogP contribution in [0, 0.1) is 0 Å². The Bertz CT molecular complexity index is 1290. The molecular formula is C26H29N7O. The van der Waals surface area contributed by atoms with E-state index in [1.54, 1.807) is 13.3 Å². The Kier molecular flexibility index (Phi) is 6.14. The Labute approximate surface area is 199 Å². The first kappa shape index (κ1) is 21.9. The minimum Gasteiger partial charge on any atom is -0.497 e. The maximum Gasteiger partial charge on any atom is 0.150 e. The van der Waals surface area contributed by atoms with Crippen LogP contribution in [0.5, 0.6) is 5.75 Å². The minimum absolute atomic E-state index is 0.386. The zero-order valence-electron chi connectivity index (χ0n) is 19.6. The molecule has 0 unspecified atom stereocenters. The number of amidine groups is 1. The van der Waals surface area contributed by atoms with Gasteiger partial charge in [0.15, 0.2) is 0 Å². The first-order valence-electron chi connectivity index (χ1n) is 11.4. The summed E-state index contributed by atoms with van der Waals surface area (Å²) in [5, 5.41) is 5.51. The summed E-state index contributed by atoms with van der Waals surface area (Å²) in [6.45, 7) is 4.89. The molecule has 8 heteroatoms. The van der Waals surface area contributed by atoms with Crippen molar-refractivity contribution in [2.45, 2.75) is 6.54 Å². The summed E-state index contributed by atoms with van der Waals surface area (Å²) >= 11 is 0. The number of nitrogens with zero attached hydrogens (tertiary/aromatic N) is 6. The fourth-order valence-electron chi connectivity index (χ4n) is 4.15. The predicted molar refractivity (Wildman–Crippen MR) is 136 cm³/mol. The van der Waals surface area contributed by atoms with Gasteiger partial charge in [0.2, 0.25) is 0 Å². The lowest BCUT2D eigenvalue weighted by Crippen LogP contribution is -2.44. The third kappa shape index (κ3) is 4.72. The van der Waals surface area contributed by atoms with E-state index in [1.165, 1.54) is 5.69 Å². The van der Waals surface area contributed by atoms with Gasteiger partial charge < -0.3 is 20.3 Å². The van der Waals surface area contributed by atoms with Crippen LogP contribution in [0.25, 0.3) is 10.9 Å². The zero-order valence-corrected chi connectivity index (χ0v) is 19.6. The van der Waals surface area contributed by atoms with Gasteiger partial charge in [-0.2, -0.15) is 5.10 Å². The first-order chi connectivity index (χ1) is 16.6. The average Bonchev–Trinajstić information content (AvgIpc) is 3.27. The van der Waals surface area contributed by atoms with Crippen molar-refractivity contribution < 1.29 is 4.74 Å². The largest absolute Gasteiger partial charge is 0.497 e. The van der Waals surface area contributed by atoms with Crippen molar-refractivity contribution in [1.29, 1.82) is 0 Å². The highest BCUT2D eigenvalue weighted by molar-refractivity contribution is 5.99. The van der Waals surface area contributed by atoms with Crippen molar-refractivity contribution >= 4 is 28.1 Å². The van der Waals surface area contributed by atoms with E-state index in [0.29, 0.717) is 18.1 Å². The van der Waals surface area contributed by atoms with E-state index in [4.69, 9.17) is 10.5 Å². The van der Waals surface area contributed by atoms with E-state index in [0.717, 1.165) is 54.1 Å². The number of piperazine rings is 1. The van der Waals surface area contributed by atoms with E-state index < -0.39 is 0 Å². The van der Waals surface area contributed by atoms with Crippen LogP contribution in [0.2, 0.25) is 0 Å². The molecule has 0 aliphatic carbocycles. The van der Waals surface area contributed by atoms with Crippen molar-refractivity contribution in [3.8, 4) is 5.75 Å². The fourth-order valence-corrected chi connectivity index (χ4v) is 4.15. The first-order valence-corrected chi connectivity index (χ1v) is 11.4. The van der Waals surface area contributed by atoms with E-state index in [9.17, 15) is 0 Å². The van der Waals surface area contributed by atoms with Crippen LogP contribution in [0.15, 0.2) is 72.0 Å². The van der Waals surface area contributed by atoms with Gasteiger partial charge in [-0.05, 0) is 55.1 Å². The van der Waals surface area contributed by atoms with Crippen LogP contribution in [0.1, 0.15) is 11.3 Å². The van der Waals surface area contributed by atoms with Crippen LogP contribution in [0.3, 0.4) is 0 Å². The number of pyridine rings is 1. The molecule has 0 amide bonds. The molecule has 0 bridgehead atoms. The zero-order chi connectivity index (χ0) is 23.5. The molecule has 174 valence electrons. The van der Waals surface area contributed by atoms with Crippen LogP contribution < -0.4 is 15.4 Å². The summed E-state index contributed by atoms with van der Waals surface area (Å²) in [6.07, 6.45) is 3.64. The number of ether oxygens (including phenoxy) is 1. The van der Waals surface area contributed by atoms with Crippen LogP contribution in [0.4, 0.5) is 11.4 Å². The molecule has 2 aromatic carbocycles. The smallest absolute Gasteiger partial charge is 0.150 e. The summed E-state index contributed by atoms with van der Waals surface area (Å²) in [5.41, 5.74) is 11.1. The van der Waals surface area contributed by atoms with Gasteiger partial charge in [-0.1, -0.05) is 12.1 Å². The highest BCUT2D eigenvalue weighted by Crippen LogP contribution is 2.22. The number of benzene rings is 2. The second-order valence-corrected chi connectivity index (χ2v) is 8.58. The topological polar surface area (TPSA) is 84.8 Å². The maximum atomic E-state index is 6.30. The molecule has 0 saturated carbocycles. The normalized spacial score (nSPS) is 15.1. The second-order valence-electron chi connectivity index (χ2n) is 8.58. The van der Waals surface area contributed by atoms with Crippen molar-refractivity contribution in [1.82, 2.24) is 19.7 Å². The lowest BCUT2D eigenvalue weighted by Gasteiger charge is -2.34. The number of nitrogens with two attached hydrogens (primary N) is 1. The molecule has 4 aromatic rings. The summed E-state index contributed by atoms with van der Waals surface area (Å²) in [7, 11) is 3.83. The Morgan fingerprint density at radius 3 is 2.44 bits per heavy atom. The van der Waals surface area contributed by atoms with E-state index in [1.807, 2.05) is 53.3 Å². The van der Waals surface area contributed by atoms with Crippen LogP contribution >= 0.6 is 0 Å². The monoisotopic (exact) mass is 455 g/mol. The molecule has 8 nitrogen and oxygen atoms in total. The third-order valence-corrected chi connectivity index (χ3v) is 6.25. The number of aliphatic imine (C=N–C) groups is 1. The number of methoxy groups -OCH3 is 1. The number of rotatable bonds is 6. The minimum atomic E-state index is 0.386. The SMILES string of the molecule is COc1ccc(Cn2ncc3cc(C(N)=Nc4ccc(N5CCN(C)CC5)cc4)ncc32)cc1. The van der Waals surface area contributed by atoms with E-state index in [-0.39, 0.29) is 0 Å². The Morgan fingerprint density at radius 2 is 1.74 bits per heavy atom. The average molecular weight is 456 g/mol. The van der Waals surface area contributed by atoms with Gasteiger partial charge in [0.1, 0.15) is 17.3 Å². The summed E-state index contributed by atoms with van der Waals surface area (Å²) in [6, 6.07) is 18.1. The Morgan fingerprint density at radius 1 is 1.00 bits per heavy atom. The molecule has 3 heterocycles. The summed E-state index contributed by atoms with van der Waals surface area (Å²) in [5.74, 6) is 1.22. The molecule has 1 fully saturated rings. The molecule has 0 radical (unpaired) electrons. The fraction of sp³-hybridized carbons (Fsp3) is 0.269. The van der Waals surface area contributed by atoms with Gasteiger partial charge in [0.05, 0.1) is 37.3 Å². The van der Waals surface area contributed by atoms with E-state index in [2.05, 4.69) is 44.1 Å². The molecular weight excluding hydrogens is 426 g/mol. The van der Waals surface area contributed by atoms with Crippen molar-refractivity contribution in [3.63, 3.8) is 0 Å².